The molecular weight excluding hydrogens is 239 g/mol. The Morgan fingerprint density at radius 2 is 1.45 bits per heavy atom. The van der Waals surface area contributed by atoms with Gasteiger partial charge in [0.25, 0.3) is 0 Å². The molecule has 0 radical (unpaired) electrons. The van der Waals surface area contributed by atoms with E-state index in [0.717, 1.165) is 6.71 Å². The Bertz CT molecular complexity index is 353. The predicted octanol–water partition coefficient (Wildman–Crippen LogP) is 5.55. The molecule has 0 atom stereocenters. The van der Waals surface area contributed by atoms with Gasteiger partial charge in [-0.1, -0.05) is 101 Å². The van der Waals surface area contributed by atoms with Crippen LogP contribution in [0.25, 0.3) is 0 Å². The van der Waals surface area contributed by atoms with E-state index in [1.165, 1.54) is 64.0 Å². The number of unbranched alkanes of at least 4 members (excludes halogenated alkanes) is 2. The molecule has 1 aliphatic heterocycles. The van der Waals surface area contributed by atoms with E-state index in [4.69, 9.17) is 0 Å². The van der Waals surface area contributed by atoms with Crippen molar-refractivity contribution in [3.05, 3.63) is 30.3 Å². The van der Waals surface area contributed by atoms with Crippen LogP contribution in [-0.4, -0.2) is 6.71 Å². The largest absolute Gasteiger partial charge is 0.175 e. The Kier molecular flexibility index (Phi) is 6.20. The van der Waals surface area contributed by atoms with Crippen LogP contribution in [0, 0.1) is 5.41 Å². The fourth-order valence-corrected chi connectivity index (χ4v) is 4.02. The van der Waals surface area contributed by atoms with Gasteiger partial charge in [0.15, 0.2) is 6.71 Å². The number of benzene rings is 1. The van der Waals surface area contributed by atoms with Crippen LogP contribution < -0.4 is 5.46 Å². The van der Waals surface area contributed by atoms with Crippen molar-refractivity contribution in [2.45, 2.75) is 77.9 Å². The van der Waals surface area contributed by atoms with Gasteiger partial charge in [-0.25, -0.2) is 0 Å². The molecule has 0 bridgehead atoms. The second-order valence-corrected chi connectivity index (χ2v) is 6.89. The van der Waals surface area contributed by atoms with Crippen molar-refractivity contribution >= 4 is 12.2 Å². The van der Waals surface area contributed by atoms with Crippen molar-refractivity contribution in [1.29, 1.82) is 0 Å². The van der Waals surface area contributed by atoms with Crippen molar-refractivity contribution in [2.24, 2.45) is 5.41 Å². The molecule has 1 aromatic carbocycles. The Balaban J connectivity index is 1.94. The maximum atomic E-state index is 2.34. The number of hydrogen-bond donors (Lipinski definition) is 0. The van der Waals surface area contributed by atoms with Crippen molar-refractivity contribution in [3.8, 4) is 0 Å². The molecule has 1 heterocycles. The van der Waals surface area contributed by atoms with Crippen LogP contribution in [-0.2, 0) is 0 Å². The summed E-state index contributed by atoms with van der Waals surface area (Å²) in [4.78, 5) is 0. The minimum atomic E-state index is 0.692. The van der Waals surface area contributed by atoms with Crippen molar-refractivity contribution < 1.29 is 0 Å². The summed E-state index contributed by atoms with van der Waals surface area (Å²) in [5.74, 6) is 0. The predicted molar refractivity (Wildman–Crippen MR) is 92.2 cm³/mol. The highest BCUT2D eigenvalue weighted by atomic mass is 14.3. The lowest BCUT2D eigenvalue weighted by Gasteiger charge is -2.40. The lowest BCUT2D eigenvalue weighted by molar-refractivity contribution is 0.197. The molecule has 1 aromatic rings. The zero-order valence-corrected chi connectivity index (χ0v) is 13.5. The summed E-state index contributed by atoms with van der Waals surface area (Å²) in [5, 5.41) is 0. The zero-order valence-electron chi connectivity index (χ0n) is 13.5. The lowest BCUT2D eigenvalue weighted by Crippen LogP contribution is -2.38. The highest BCUT2D eigenvalue weighted by Gasteiger charge is 2.35. The van der Waals surface area contributed by atoms with E-state index >= 15 is 0 Å². The minimum absolute atomic E-state index is 0.692. The third-order valence-corrected chi connectivity index (χ3v) is 5.44. The zero-order chi connectivity index (χ0) is 14.3. The molecule has 0 unspecified atom stereocenters. The second-order valence-electron chi connectivity index (χ2n) is 6.89. The second kappa shape index (κ2) is 7.91. The molecule has 1 aliphatic rings. The van der Waals surface area contributed by atoms with Crippen LogP contribution in [0.5, 0.6) is 0 Å². The fourth-order valence-electron chi connectivity index (χ4n) is 4.02. The molecule has 20 heavy (non-hydrogen) atoms. The minimum Gasteiger partial charge on any atom is -0.0801 e. The standard InChI is InChI=1S/C19H31B/c1-3-5-12-19(13-6-4-2)14-16-20(17-15-19)18-10-8-7-9-11-18/h7-11H,3-6,12-17H2,1-2H3. The van der Waals surface area contributed by atoms with Crippen LogP contribution >= 0.6 is 0 Å². The SMILES string of the molecule is CCCCC1(CCCC)CCB(c2ccccc2)CC1. The van der Waals surface area contributed by atoms with Crippen LogP contribution in [0.15, 0.2) is 30.3 Å². The molecule has 0 N–H and O–H groups in total. The smallest absolute Gasteiger partial charge is 0.0801 e. The van der Waals surface area contributed by atoms with E-state index in [0.29, 0.717) is 5.41 Å². The van der Waals surface area contributed by atoms with Crippen molar-refractivity contribution in [3.63, 3.8) is 0 Å². The van der Waals surface area contributed by atoms with Gasteiger partial charge in [-0.05, 0) is 18.3 Å². The highest BCUT2D eigenvalue weighted by molar-refractivity contribution is 6.73. The molecule has 1 heteroatoms. The average Bonchev–Trinajstić information content (AvgIpc) is 2.53. The Morgan fingerprint density at radius 3 is 1.95 bits per heavy atom. The van der Waals surface area contributed by atoms with Gasteiger partial charge in [0, 0.05) is 0 Å². The van der Waals surface area contributed by atoms with Gasteiger partial charge in [-0.15, -0.1) is 0 Å². The first-order chi connectivity index (χ1) is 9.79. The van der Waals surface area contributed by atoms with E-state index in [1.807, 2.05) is 0 Å². The molecule has 0 saturated carbocycles. The van der Waals surface area contributed by atoms with Gasteiger partial charge in [0.05, 0.1) is 0 Å². The summed E-state index contributed by atoms with van der Waals surface area (Å²) in [6.07, 6.45) is 14.3. The average molecular weight is 270 g/mol. The van der Waals surface area contributed by atoms with Crippen molar-refractivity contribution in [2.75, 3.05) is 0 Å². The first-order valence-electron chi connectivity index (χ1n) is 8.84. The Morgan fingerprint density at radius 1 is 0.900 bits per heavy atom. The molecular formula is C19H31B. The highest BCUT2D eigenvalue weighted by Crippen LogP contribution is 2.45. The molecule has 0 spiro atoms. The molecule has 0 nitrogen and oxygen atoms in total. The number of rotatable bonds is 7. The summed E-state index contributed by atoms with van der Waals surface area (Å²) < 4.78 is 0. The molecule has 1 saturated heterocycles. The van der Waals surface area contributed by atoms with Gasteiger partial charge in [-0.3, -0.25) is 0 Å². The van der Waals surface area contributed by atoms with E-state index in [9.17, 15) is 0 Å². The number of hydrogen-bond acceptors (Lipinski definition) is 0. The molecule has 0 aromatic heterocycles. The molecule has 110 valence electrons. The summed E-state index contributed by atoms with van der Waals surface area (Å²) in [7, 11) is 0. The quantitative estimate of drug-likeness (QED) is 0.570. The van der Waals surface area contributed by atoms with E-state index in [1.54, 1.807) is 5.46 Å². The molecule has 0 amide bonds. The fraction of sp³-hybridized carbons (Fsp3) is 0.684. The Labute approximate surface area is 126 Å². The van der Waals surface area contributed by atoms with Gasteiger partial charge < -0.3 is 0 Å². The summed E-state index contributed by atoms with van der Waals surface area (Å²) >= 11 is 0. The first-order valence-corrected chi connectivity index (χ1v) is 8.84. The Hall–Kier alpha value is -0.715. The molecule has 0 aliphatic carbocycles. The molecule has 2 rings (SSSR count). The monoisotopic (exact) mass is 270 g/mol. The summed E-state index contributed by atoms with van der Waals surface area (Å²) in [6, 6.07) is 11.2. The van der Waals surface area contributed by atoms with E-state index in [2.05, 4.69) is 44.2 Å². The van der Waals surface area contributed by atoms with Gasteiger partial charge in [0.1, 0.15) is 0 Å². The maximum absolute atomic E-state index is 2.34. The lowest BCUT2D eigenvalue weighted by atomic mass is 9.35. The summed E-state index contributed by atoms with van der Waals surface area (Å²) in [6.45, 7) is 5.50. The summed E-state index contributed by atoms with van der Waals surface area (Å²) in [5.41, 5.74) is 2.27. The maximum Gasteiger partial charge on any atom is 0.175 e. The van der Waals surface area contributed by atoms with Crippen LogP contribution in [0.2, 0.25) is 12.6 Å². The van der Waals surface area contributed by atoms with Crippen LogP contribution in [0.1, 0.15) is 65.2 Å². The third kappa shape index (κ3) is 4.14. The normalized spacial score (nSPS) is 18.2. The van der Waals surface area contributed by atoms with Gasteiger partial charge in [-0.2, -0.15) is 0 Å². The van der Waals surface area contributed by atoms with E-state index < -0.39 is 0 Å². The van der Waals surface area contributed by atoms with E-state index in [-0.39, 0.29) is 0 Å². The first kappa shape index (κ1) is 15.7. The van der Waals surface area contributed by atoms with Crippen molar-refractivity contribution in [1.82, 2.24) is 0 Å². The third-order valence-electron chi connectivity index (χ3n) is 5.44. The van der Waals surface area contributed by atoms with Gasteiger partial charge >= 0.3 is 0 Å². The van der Waals surface area contributed by atoms with Crippen LogP contribution in [0.3, 0.4) is 0 Å². The molecule has 1 fully saturated rings. The van der Waals surface area contributed by atoms with Crippen LogP contribution in [0.4, 0.5) is 0 Å². The topological polar surface area (TPSA) is 0 Å². The van der Waals surface area contributed by atoms with Gasteiger partial charge in [0.2, 0.25) is 0 Å².